The lowest BCUT2D eigenvalue weighted by atomic mass is 9.99. The van der Waals surface area contributed by atoms with E-state index in [1.54, 1.807) is 0 Å². The van der Waals surface area contributed by atoms with Gasteiger partial charge in [0.2, 0.25) is 0 Å². The summed E-state index contributed by atoms with van der Waals surface area (Å²) in [4.78, 5) is 12.2. The van der Waals surface area contributed by atoms with Gasteiger partial charge in [0.05, 0.1) is 19.8 Å². The number of unbranched alkanes of at least 4 members (excludes halogenated alkanes) is 3. The number of ether oxygens (including phenoxy) is 4. The molecule has 6 unspecified atom stereocenters. The van der Waals surface area contributed by atoms with E-state index < -0.39 is 43.4 Å². The van der Waals surface area contributed by atoms with Crippen LogP contribution in [0.15, 0.2) is 85.1 Å². The van der Waals surface area contributed by atoms with Crippen LogP contribution in [-0.4, -0.2) is 89.6 Å². The molecule has 0 radical (unpaired) electrons. The van der Waals surface area contributed by atoms with Gasteiger partial charge in [-0.15, -0.1) is 0 Å². The van der Waals surface area contributed by atoms with E-state index in [9.17, 15) is 25.2 Å². The van der Waals surface area contributed by atoms with Gasteiger partial charge in [-0.3, -0.25) is 4.79 Å². The lowest BCUT2D eigenvalue weighted by molar-refractivity contribution is -0.305. The van der Waals surface area contributed by atoms with Crippen molar-refractivity contribution in [2.24, 2.45) is 0 Å². The van der Waals surface area contributed by atoms with E-state index in [0.717, 1.165) is 70.6 Å². The Bertz CT molecular complexity index is 1010. The maximum atomic E-state index is 12.2. The first-order valence-corrected chi connectivity index (χ1v) is 18.2. The molecule has 1 saturated heterocycles. The first-order valence-electron chi connectivity index (χ1n) is 18.2. The highest BCUT2D eigenvalue weighted by molar-refractivity contribution is 5.69. The van der Waals surface area contributed by atoms with E-state index in [-0.39, 0.29) is 25.6 Å². The molecule has 1 aliphatic rings. The Morgan fingerprint density at radius 3 is 1.71 bits per heavy atom. The molecule has 0 saturated carbocycles. The van der Waals surface area contributed by atoms with Crippen LogP contribution in [0.5, 0.6) is 0 Å². The zero-order chi connectivity index (χ0) is 35.8. The molecule has 0 aromatic carbocycles. The van der Waals surface area contributed by atoms with E-state index in [1.165, 1.54) is 0 Å². The topological polar surface area (TPSA) is 135 Å². The number of hydrogen-bond donors (Lipinski definition) is 4. The van der Waals surface area contributed by atoms with Crippen LogP contribution >= 0.6 is 0 Å². The van der Waals surface area contributed by atoms with Crippen LogP contribution in [0.3, 0.4) is 0 Å². The fourth-order valence-electron chi connectivity index (χ4n) is 4.68. The summed E-state index contributed by atoms with van der Waals surface area (Å²) in [6, 6.07) is 0. The Morgan fingerprint density at radius 1 is 0.673 bits per heavy atom. The number of carbonyl (C=O) groups is 1. The molecule has 1 fully saturated rings. The van der Waals surface area contributed by atoms with Gasteiger partial charge in [-0.05, 0) is 70.6 Å². The molecule has 1 aliphatic heterocycles. The molecule has 0 aliphatic carbocycles. The highest BCUT2D eigenvalue weighted by Crippen LogP contribution is 2.22. The molecule has 0 spiro atoms. The van der Waals surface area contributed by atoms with Crippen molar-refractivity contribution in [2.75, 3.05) is 26.4 Å². The maximum absolute atomic E-state index is 12.2. The van der Waals surface area contributed by atoms with E-state index in [0.29, 0.717) is 13.0 Å². The molecular formula is C40H64O9. The Labute approximate surface area is 295 Å². The van der Waals surface area contributed by atoms with Crippen LogP contribution in [0, 0.1) is 0 Å². The number of esters is 1. The summed E-state index contributed by atoms with van der Waals surface area (Å²) in [6.45, 7) is 4.03. The number of aliphatic hydroxyl groups is 4. The fraction of sp³-hybridized carbons (Fsp3) is 0.625. The van der Waals surface area contributed by atoms with Gasteiger partial charge in [-0.1, -0.05) is 105 Å². The third kappa shape index (κ3) is 23.4. The number of carbonyl (C=O) groups excluding carboxylic acids is 1. The van der Waals surface area contributed by atoms with Crippen molar-refractivity contribution in [3.05, 3.63) is 85.1 Å². The monoisotopic (exact) mass is 688 g/mol. The summed E-state index contributed by atoms with van der Waals surface area (Å²) in [7, 11) is 0. The lowest BCUT2D eigenvalue weighted by Gasteiger charge is -2.39. The van der Waals surface area contributed by atoms with Gasteiger partial charge in [0, 0.05) is 13.0 Å². The summed E-state index contributed by atoms with van der Waals surface area (Å²) >= 11 is 0. The number of rotatable bonds is 28. The van der Waals surface area contributed by atoms with Crippen LogP contribution in [0.1, 0.15) is 97.3 Å². The van der Waals surface area contributed by atoms with Crippen molar-refractivity contribution in [3.8, 4) is 0 Å². The maximum Gasteiger partial charge on any atom is 0.306 e. The largest absolute Gasteiger partial charge is 0.457 e. The highest BCUT2D eigenvalue weighted by atomic mass is 16.7. The smallest absolute Gasteiger partial charge is 0.306 e. The van der Waals surface area contributed by atoms with Crippen molar-refractivity contribution < 1.29 is 44.2 Å². The van der Waals surface area contributed by atoms with Crippen molar-refractivity contribution in [3.63, 3.8) is 0 Å². The molecule has 6 atom stereocenters. The Balaban J connectivity index is 2.18. The van der Waals surface area contributed by atoms with Crippen LogP contribution in [-0.2, 0) is 23.7 Å². The van der Waals surface area contributed by atoms with Gasteiger partial charge in [-0.25, -0.2) is 0 Å². The predicted molar refractivity (Wildman–Crippen MR) is 196 cm³/mol. The Morgan fingerprint density at radius 2 is 1.20 bits per heavy atom. The first-order chi connectivity index (χ1) is 23.9. The summed E-state index contributed by atoms with van der Waals surface area (Å²) in [5, 5.41) is 39.5. The van der Waals surface area contributed by atoms with E-state index in [1.807, 2.05) is 6.92 Å². The minimum absolute atomic E-state index is 0.105. The van der Waals surface area contributed by atoms with Crippen molar-refractivity contribution in [1.82, 2.24) is 0 Å². The van der Waals surface area contributed by atoms with Gasteiger partial charge in [-0.2, -0.15) is 0 Å². The summed E-state index contributed by atoms with van der Waals surface area (Å²) < 4.78 is 22.2. The highest BCUT2D eigenvalue weighted by Gasteiger charge is 2.44. The molecule has 49 heavy (non-hydrogen) atoms. The van der Waals surface area contributed by atoms with Crippen molar-refractivity contribution in [2.45, 2.75) is 134 Å². The molecule has 0 aromatic heterocycles. The number of aliphatic hydroxyl groups excluding tert-OH is 4. The average molecular weight is 689 g/mol. The normalized spacial score (nSPS) is 22.8. The molecule has 1 rings (SSSR count). The standard InChI is InChI=1S/C40H64O9/c1-3-5-7-8-9-10-11-12-13-14-15-16-17-18-19-20-21-22-23-24-25-26-27-28-30-46-32-34(48-36(42)29-6-4-2)33-47-40-39(45)38(44)37(43)35(31-41)49-40/h5,7,9-10,12-13,15-16,18-19,21-22,24-25,34-35,37-41,43-45H,3-4,6,8,11,14,17,20,23,26-33H2,1-2H3/b7-5-,10-9-,13-12-,16-15-,19-18-,22-21-,25-24-. The zero-order valence-electron chi connectivity index (χ0n) is 29.9. The lowest BCUT2D eigenvalue weighted by Crippen LogP contribution is -2.59. The molecule has 0 amide bonds. The molecule has 9 nitrogen and oxygen atoms in total. The van der Waals surface area contributed by atoms with Crippen LogP contribution in [0.4, 0.5) is 0 Å². The first kappa shape index (κ1) is 44.4. The van der Waals surface area contributed by atoms with E-state index >= 15 is 0 Å². The molecule has 9 heteroatoms. The second-order valence-corrected chi connectivity index (χ2v) is 11.9. The summed E-state index contributed by atoms with van der Waals surface area (Å²) in [5.74, 6) is -0.370. The average Bonchev–Trinajstić information content (AvgIpc) is 3.10. The van der Waals surface area contributed by atoms with Gasteiger partial charge >= 0.3 is 5.97 Å². The van der Waals surface area contributed by atoms with E-state index in [4.69, 9.17) is 18.9 Å². The second kappa shape index (κ2) is 31.4. The van der Waals surface area contributed by atoms with Crippen LogP contribution in [0.2, 0.25) is 0 Å². The van der Waals surface area contributed by atoms with Gasteiger partial charge in [0.25, 0.3) is 0 Å². The summed E-state index contributed by atoms with van der Waals surface area (Å²) in [6.07, 6.45) is 34.5. The molecular weight excluding hydrogens is 624 g/mol. The quantitative estimate of drug-likeness (QED) is 0.0401. The SMILES string of the molecule is CC/C=C\C/C=C\C/C=C\C/C=C\C/C=C\C/C=C\C/C=C\CCCCOCC(COC1OC(CO)C(O)C(O)C1O)OC(=O)CCCC. The summed E-state index contributed by atoms with van der Waals surface area (Å²) in [5.41, 5.74) is 0. The van der Waals surface area contributed by atoms with Crippen molar-refractivity contribution in [1.29, 1.82) is 0 Å². The van der Waals surface area contributed by atoms with E-state index in [2.05, 4.69) is 92.0 Å². The van der Waals surface area contributed by atoms with Crippen molar-refractivity contribution >= 4 is 5.97 Å². The molecule has 278 valence electrons. The molecule has 1 heterocycles. The zero-order valence-corrected chi connectivity index (χ0v) is 29.9. The molecule has 0 aromatic rings. The fourth-order valence-corrected chi connectivity index (χ4v) is 4.68. The minimum atomic E-state index is -1.54. The third-order valence-electron chi connectivity index (χ3n) is 7.58. The van der Waals surface area contributed by atoms with Crippen LogP contribution in [0.25, 0.3) is 0 Å². The predicted octanol–water partition coefficient (Wildman–Crippen LogP) is 6.74. The van der Waals surface area contributed by atoms with Crippen LogP contribution < -0.4 is 0 Å². The Kier molecular flexibility index (Phi) is 28.4. The second-order valence-electron chi connectivity index (χ2n) is 11.9. The van der Waals surface area contributed by atoms with Gasteiger partial charge < -0.3 is 39.4 Å². The number of hydrogen-bond acceptors (Lipinski definition) is 9. The third-order valence-corrected chi connectivity index (χ3v) is 7.58. The van der Waals surface area contributed by atoms with Gasteiger partial charge in [0.15, 0.2) is 6.29 Å². The number of allylic oxidation sites excluding steroid dienone is 14. The molecule has 4 N–H and O–H groups in total. The van der Waals surface area contributed by atoms with Gasteiger partial charge in [0.1, 0.15) is 30.5 Å². The minimum Gasteiger partial charge on any atom is -0.457 e. The molecule has 0 bridgehead atoms. The Hall–Kier alpha value is -2.63.